The molecule has 4 heteroatoms. The Bertz CT molecular complexity index is 485. The molecule has 0 saturated heterocycles. The molecule has 0 aliphatic heterocycles. The average Bonchev–Trinajstić information content (AvgIpc) is 2.19. The molecule has 0 aliphatic rings. The van der Waals surface area contributed by atoms with Gasteiger partial charge in [-0.15, -0.1) is 0 Å². The maximum atomic E-state index is 12.9. The van der Waals surface area contributed by atoms with Crippen LogP contribution in [0.4, 0.5) is 8.78 Å². The summed E-state index contributed by atoms with van der Waals surface area (Å²) in [7, 11) is 1.43. The minimum Gasteiger partial charge on any atom is -0.481 e. The minimum atomic E-state index is -0.899. The molecule has 0 spiro atoms. The van der Waals surface area contributed by atoms with E-state index in [1.54, 1.807) is 6.07 Å². The number of ether oxygens (including phenoxy) is 1. The molecule has 1 heterocycles. The highest BCUT2D eigenvalue weighted by atomic mass is 19.2. The van der Waals surface area contributed by atoms with E-state index >= 15 is 0 Å². The van der Waals surface area contributed by atoms with Crippen molar-refractivity contribution >= 4 is 10.8 Å². The highest BCUT2D eigenvalue weighted by Gasteiger charge is 2.07. The van der Waals surface area contributed by atoms with Gasteiger partial charge in [-0.05, 0) is 23.6 Å². The molecule has 0 amide bonds. The second-order valence-corrected chi connectivity index (χ2v) is 2.81. The molecule has 2 aromatic rings. The standard InChI is InChI=1S/C10H7F2NO/c1-14-10-7-5-9(12)8(11)4-6(7)2-3-13-10/h2-5H,1H3. The van der Waals surface area contributed by atoms with Gasteiger partial charge in [0.2, 0.25) is 5.88 Å². The van der Waals surface area contributed by atoms with Crippen molar-refractivity contribution in [1.29, 1.82) is 0 Å². The fourth-order valence-electron chi connectivity index (χ4n) is 1.30. The van der Waals surface area contributed by atoms with Crippen molar-refractivity contribution in [3.8, 4) is 5.88 Å². The van der Waals surface area contributed by atoms with E-state index in [-0.39, 0.29) is 0 Å². The molecule has 1 aromatic heterocycles. The Balaban J connectivity index is 2.81. The molecule has 2 nitrogen and oxygen atoms in total. The number of fused-ring (bicyclic) bond motifs is 1. The minimum absolute atomic E-state index is 0.293. The molecule has 72 valence electrons. The highest BCUT2D eigenvalue weighted by Crippen LogP contribution is 2.24. The number of methoxy groups -OCH3 is 1. The van der Waals surface area contributed by atoms with Crippen LogP contribution in [0.15, 0.2) is 24.4 Å². The molecular formula is C10H7F2NO. The predicted molar refractivity (Wildman–Crippen MR) is 48.2 cm³/mol. The predicted octanol–water partition coefficient (Wildman–Crippen LogP) is 2.52. The van der Waals surface area contributed by atoms with E-state index in [2.05, 4.69) is 4.98 Å². The first kappa shape index (κ1) is 8.87. The SMILES string of the molecule is COc1nccc2cc(F)c(F)cc12. The van der Waals surface area contributed by atoms with Crippen LogP contribution < -0.4 is 4.74 Å². The smallest absolute Gasteiger partial charge is 0.221 e. The molecule has 0 saturated carbocycles. The second kappa shape index (κ2) is 3.21. The molecule has 0 N–H and O–H groups in total. The van der Waals surface area contributed by atoms with E-state index in [9.17, 15) is 8.78 Å². The fourth-order valence-corrected chi connectivity index (χ4v) is 1.30. The highest BCUT2D eigenvalue weighted by molar-refractivity contribution is 5.86. The molecule has 2 rings (SSSR count). The van der Waals surface area contributed by atoms with Crippen LogP contribution in [0.2, 0.25) is 0 Å². The third kappa shape index (κ3) is 1.28. The van der Waals surface area contributed by atoms with Gasteiger partial charge in [-0.2, -0.15) is 0 Å². The Labute approximate surface area is 79.1 Å². The zero-order valence-corrected chi connectivity index (χ0v) is 7.42. The van der Waals surface area contributed by atoms with Crippen molar-refractivity contribution in [2.45, 2.75) is 0 Å². The number of hydrogen-bond donors (Lipinski definition) is 0. The average molecular weight is 195 g/mol. The molecule has 0 unspecified atom stereocenters. The van der Waals surface area contributed by atoms with Crippen LogP contribution in [-0.2, 0) is 0 Å². The topological polar surface area (TPSA) is 22.1 Å². The van der Waals surface area contributed by atoms with Gasteiger partial charge in [0.25, 0.3) is 0 Å². The number of hydrogen-bond acceptors (Lipinski definition) is 2. The summed E-state index contributed by atoms with van der Waals surface area (Å²) in [5.41, 5.74) is 0. The number of pyridine rings is 1. The van der Waals surface area contributed by atoms with E-state index in [0.717, 1.165) is 12.1 Å². The van der Waals surface area contributed by atoms with Crippen LogP contribution in [0, 0.1) is 11.6 Å². The molecule has 0 atom stereocenters. The number of benzene rings is 1. The van der Waals surface area contributed by atoms with Crippen molar-refractivity contribution < 1.29 is 13.5 Å². The van der Waals surface area contributed by atoms with E-state index in [1.807, 2.05) is 0 Å². The first-order valence-electron chi connectivity index (χ1n) is 4.00. The molecule has 0 fully saturated rings. The quantitative estimate of drug-likeness (QED) is 0.697. The Hall–Kier alpha value is -1.71. The van der Waals surface area contributed by atoms with Gasteiger partial charge < -0.3 is 4.74 Å². The summed E-state index contributed by atoms with van der Waals surface area (Å²) in [5.74, 6) is -1.48. The lowest BCUT2D eigenvalue weighted by Gasteiger charge is -2.03. The van der Waals surface area contributed by atoms with Crippen molar-refractivity contribution in [2.75, 3.05) is 7.11 Å². The van der Waals surface area contributed by atoms with E-state index < -0.39 is 11.6 Å². The van der Waals surface area contributed by atoms with Gasteiger partial charge in [-0.1, -0.05) is 0 Å². The fraction of sp³-hybridized carbons (Fsp3) is 0.100. The van der Waals surface area contributed by atoms with Crippen LogP contribution in [0.1, 0.15) is 0 Å². The number of halogens is 2. The van der Waals surface area contributed by atoms with Gasteiger partial charge in [0.15, 0.2) is 11.6 Å². The Morgan fingerprint density at radius 3 is 2.64 bits per heavy atom. The Kier molecular flexibility index (Phi) is 2.04. The molecule has 0 radical (unpaired) electrons. The Morgan fingerprint density at radius 2 is 1.93 bits per heavy atom. The van der Waals surface area contributed by atoms with Gasteiger partial charge >= 0.3 is 0 Å². The summed E-state index contributed by atoms with van der Waals surface area (Å²) in [6.07, 6.45) is 1.48. The summed E-state index contributed by atoms with van der Waals surface area (Å²) >= 11 is 0. The van der Waals surface area contributed by atoms with Crippen molar-refractivity contribution in [3.05, 3.63) is 36.0 Å². The lowest BCUT2D eigenvalue weighted by molar-refractivity contribution is 0.403. The van der Waals surface area contributed by atoms with Crippen LogP contribution in [0.5, 0.6) is 5.88 Å². The second-order valence-electron chi connectivity index (χ2n) is 2.81. The third-order valence-corrected chi connectivity index (χ3v) is 1.96. The maximum Gasteiger partial charge on any atom is 0.221 e. The normalized spacial score (nSPS) is 10.5. The molecule has 0 bridgehead atoms. The van der Waals surface area contributed by atoms with Crippen molar-refractivity contribution in [3.63, 3.8) is 0 Å². The van der Waals surface area contributed by atoms with Gasteiger partial charge in [0.1, 0.15) is 0 Å². The summed E-state index contributed by atoms with van der Waals surface area (Å²) in [5, 5.41) is 1.03. The van der Waals surface area contributed by atoms with E-state index in [4.69, 9.17) is 4.74 Å². The van der Waals surface area contributed by atoms with Crippen LogP contribution in [-0.4, -0.2) is 12.1 Å². The van der Waals surface area contributed by atoms with Crippen LogP contribution in [0.25, 0.3) is 10.8 Å². The lowest BCUT2D eigenvalue weighted by Crippen LogP contribution is -1.91. The summed E-state index contributed by atoms with van der Waals surface area (Å²) in [4.78, 5) is 3.88. The largest absolute Gasteiger partial charge is 0.481 e. The van der Waals surface area contributed by atoms with Crippen LogP contribution >= 0.6 is 0 Å². The zero-order chi connectivity index (χ0) is 10.1. The number of aromatic nitrogens is 1. The van der Waals surface area contributed by atoms with Crippen LogP contribution in [0.3, 0.4) is 0 Å². The molecule has 1 aromatic carbocycles. The van der Waals surface area contributed by atoms with Gasteiger partial charge in [0.05, 0.1) is 7.11 Å². The monoisotopic (exact) mass is 195 g/mol. The lowest BCUT2D eigenvalue weighted by atomic mass is 10.1. The number of nitrogens with zero attached hydrogens (tertiary/aromatic N) is 1. The van der Waals surface area contributed by atoms with Crippen molar-refractivity contribution in [1.82, 2.24) is 4.98 Å². The molecule has 0 aliphatic carbocycles. The Morgan fingerprint density at radius 1 is 1.21 bits per heavy atom. The first-order valence-corrected chi connectivity index (χ1v) is 4.00. The van der Waals surface area contributed by atoms with E-state index in [0.29, 0.717) is 16.7 Å². The van der Waals surface area contributed by atoms with E-state index in [1.165, 1.54) is 13.3 Å². The summed E-state index contributed by atoms with van der Waals surface area (Å²) < 4.78 is 30.7. The third-order valence-electron chi connectivity index (χ3n) is 1.96. The zero-order valence-electron chi connectivity index (χ0n) is 7.42. The molecule has 14 heavy (non-hydrogen) atoms. The summed E-state index contributed by atoms with van der Waals surface area (Å²) in [6.45, 7) is 0. The first-order chi connectivity index (χ1) is 6.72. The summed E-state index contributed by atoms with van der Waals surface area (Å²) in [6, 6.07) is 3.80. The number of rotatable bonds is 1. The van der Waals surface area contributed by atoms with Gasteiger partial charge in [-0.25, -0.2) is 13.8 Å². The maximum absolute atomic E-state index is 12.9. The molecular weight excluding hydrogens is 188 g/mol. The van der Waals surface area contributed by atoms with Crippen molar-refractivity contribution in [2.24, 2.45) is 0 Å². The van der Waals surface area contributed by atoms with Gasteiger partial charge in [-0.3, -0.25) is 0 Å². The van der Waals surface area contributed by atoms with Gasteiger partial charge in [0, 0.05) is 11.6 Å².